The van der Waals surface area contributed by atoms with Crippen molar-refractivity contribution in [1.82, 2.24) is 10.2 Å². The highest BCUT2D eigenvalue weighted by molar-refractivity contribution is 6.10. The van der Waals surface area contributed by atoms with Crippen molar-refractivity contribution < 1.29 is 14.4 Å². The van der Waals surface area contributed by atoms with Gasteiger partial charge in [-0.1, -0.05) is 48.5 Å². The minimum absolute atomic E-state index is 0.165. The van der Waals surface area contributed by atoms with E-state index >= 15 is 0 Å². The first kappa shape index (κ1) is 23.0. The number of amides is 4. The zero-order valence-electron chi connectivity index (χ0n) is 19.5. The minimum atomic E-state index is -1.20. The first-order valence-electron chi connectivity index (χ1n) is 11.2. The van der Waals surface area contributed by atoms with Gasteiger partial charge in [-0.25, -0.2) is 4.79 Å². The van der Waals surface area contributed by atoms with Crippen molar-refractivity contribution in [2.75, 3.05) is 16.8 Å². The molecule has 1 aliphatic heterocycles. The molecule has 0 radical (unpaired) electrons. The molecule has 0 spiro atoms. The van der Waals surface area contributed by atoms with Gasteiger partial charge in [0.05, 0.1) is 0 Å². The Morgan fingerprint density at radius 3 is 2.06 bits per heavy atom. The molecule has 0 aromatic heterocycles. The zero-order chi connectivity index (χ0) is 24.3. The number of hydrogen-bond acceptors (Lipinski definition) is 4. The Morgan fingerprint density at radius 1 is 0.912 bits per heavy atom. The molecule has 0 bridgehead atoms. The number of nitrogens with zero attached hydrogens (tertiary/aromatic N) is 2. The van der Waals surface area contributed by atoms with Crippen LogP contribution >= 0.6 is 0 Å². The fourth-order valence-corrected chi connectivity index (χ4v) is 4.14. The van der Waals surface area contributed by atoms with Gasteiger partial charge in [0.15, 0.2) is 0 Å². The van der Waals surface area contributed by atoms with Gasteiger partial charge in [-0.3, -0.25) is 14.5 Å². The van der Waals surface area contributed by atoms with E-state index in [0.717, 1.165) is 16.3 Å². The number of nitrogens with one attached hydrogen (secondary N) is 2. The maximum absolute atomic E-state index is 13.3. The van der Waals surface area contributed by atoms with Crippen LogP contribution in [0.3, 0.4) is 0 Å². The molecule has 7 heteroatoms. The smallest absolute Gasteiger partial charge is 0.325 e. The quantitative estimate of drug-likeness (QED) is 0.508. The average molecular weight is 457 g/mol. The molecule has 1 atom stereocenters. The molecule has 34 heavy (non-hydrogen) atoms. The molecular formula is C27H28N4O3. The summed E-state index contributed by atoms with van der Waals surface area (Å²) in [5, 5.41) is 6.06. The number of urea groups is 1. The highest BCUT2D eigenvalue weighted by atomic mass is 16.2. The van der Waals surface area contributed by atoms with Crippen molar-refractivity contribution in [2.45, 2.75) is 32.4 Å². The molecule has 0 aliphatic carbocycles. The molecule has 1 heterocycles. The highest BCUT2D eigenvalue weighted by Crippen LogP contribution is 2.29. The monoisotopic (exact) mass is 456 g/mol. The molecule has 4 amide bonds. The summed E-state index contributed by atoms with van der Waals surface area (Å²) in [6.45, 7) is 5.11. The van der Waals surface area contributed by atoms with E-state index in [-0.39, 0.29) is 18.5 Å². The Labute approximate surface area is 199 Å². The summed E-state index contributed by atoms with van der Waals surface area (Å²) in [5.41, 5.74) is 2.01. The van der Waals surface area contributed by atoms with E-state index in [2.05, 4.69) is 10.6 Å². The van der Waals surface area contributed by atoms with Gasteiger partial charge >= 0.3 is 6.03 Å². The topological polar surface area (TPSA) is 81.8 Å². The highest BCUT2D eigenvalue weighted by Gasteiger charge is 2.49. The summed E-state index contributed by atoms with van der Waals surface area (Å²) in [4.78, 5) is 41.7. The van der Waals surface area contributed by atoms with Gasteiger partial charge in [-0.2, -0.15) is 0 Å². The largest absolute Gasteiger partial charge is 0.356 e. The molecule has 4 rings (SSSR count). The third-order valence-electron chi connectivity index (χ3n) is 5.91. The van der Waals surface area contributed by atoms with Gasteiger partial charge in [-0.15, -0.1) is 0 Å². The second kappa shape index (κ2) is 9.39. The predicted octanol–water partition coefficient (Wildman–Crippen LogP) is 4.64. The standard InChI is InChI=1S/C27H28N4O3/c1-19(2)31(23-16-14-22(15-17-23)28-21-12-8-5-9-13-21)24(32)18-30-25(33)27(3,29-26(30)34)20-10-6-4-7-11-20/h4-17,19,28H,18H2,1-3H3,(H,29,34). The van der Waals surface area contributed by atoms with Crippen LogP contribution in [0.25, 0.3) is 0 Å². The Hall–Kier alpha value is -4.13. The number of carbonyl (C=O) groups is 3. The van der Waals surface area contributed by atoms with Crippen LogP contribution in [0.15, 0.2) is 84.9 Å². The lowest BCUT2D eigenvalue weighted by atomic mass is 9.92. The Kier molecular flexibility index (Phi) is 6.36. The van der Waals surface area contributed by atoms with E-state index in [9.17, 15) is 14.4 Å². The average Bonchev–Trinajstić information content (AvgIpc) is 3.05. The van der Waals surface area contributed by atoms with Crippen LogP contribution < -0.4 is 15.5 Å². The number of benzene rings is 3. The second-order valence-corrected chi connectivity index (χ2v) is 8.71. The Bertz CT molecular complexity index is 1180. The van der Waals surface area contributed by atoms with Gasteiger partial charge < -0.3 is 15.5 Å². The summed E-state index contributed by atoms with van der Waals surface area (Å²) in [6, 6.07) is 25.6. The van der Waals surface area contributed by atoms with Gasteiger partial charge in [0.2, 0.25) is 5.91 Å². The number of hydrogen-bond donors (Lipinski definition) is 2. The van der Waals surface area contributed by atoms with Gasteiger partial charge in [0.25, 0.3) is 5.91 Å². The summed E-state index contributed by atoms with van der Waals surface area (Å²) in [5.74, 6) is -0.775. The van der Waals surface area contributed by atoms with Crippen LogP contribution in [-0.4, -0.2) is 35.3 Å². The molecular weight excluding hydrogens is 428 g/mol. The number of para-hydroxylation sites is 1. The Balaban J connectivity index is 1.50. The SMILES string of the molecule is CC(C)N(C(=O)CN1C(=O)NC(C)(c2ccccc2)C1=O)c1ccc(Nc2ccccc2)cc1. The molecule has 2 N–H and O–H groups in total. The summed E-state index contributed by atoms with van der Waals surface area (Å²) < 4.78 is 0. The zero-order valence-corrected chi connectivity index (χ0v) is 19.5. The molecule has 3 aromatic rings. The van der Waals surface area contributed by atoms with E-state index < -0.39 is 17.5 Å². The lowest BCUT2D eigenvalue weighted by Gasteiger charge is -2.29. The van der Waals surface area contributed by atoms with Crippen molar-refractivity contribution in [2.24, 2.45) is 0 Å². The number of rotatable bonds is 7. The molecule has 1 aliphatic rings. The molecule has 1 saturated heterocycles. The molecule has 1 fully saturated rings. The van der Waals surface area contributed by atoms with Crippen LogP contribution in [0.5, 0.6) is 0 Å². The lowest BCUT2D eigenvalue weighted by Crippen LogP contribution is -2.46. The number of imide groups is 1. The van der Waals surface area contributed by atoms with Crippen molar-refractivity contribution in [3.63, 3.8) is 0 Å². The van der Waals surface area contributed by atoms with Gasteiger partial charge in [0.1, 0.15) is 12.1 Å². The Morgan fingerprint density at radius 2 is 1.47 bits per heavy atom. The lowest BCUT2D eigenvalue weighted by molar-refractivity contribution is -0.134. The van der Waals surface area contributed by atoms with E-state index in [4.69, 9.17) is 0 Å². The predicted molar refractivity (Wildman–Crippen MR) is 133 cm³/mol. The minimum Gasteiger partial charge on any atom is -0.356 e. The van der Waals surface area contributed by atoms with Crippen LogP contribution in [-0.2, 0) is 15.1 Å². The fourth-order valence-electron chi connectivity index (χ4n) is 4.14. The molecule has 1 unspecified atom stereocenters. The van der Waals surface area contributed by atoms with E-state index in [0.29, 0.717) is 11.3 Å². The van der Waals surface area contributed by atoms with E-state index in [1.54, 1.807) is 24.0 Å². The molecule has 174 valence electrons. The number of carbonyl (C=O) groups excluding carboxylic acids is 3. The van der Waals surface area contributed by atoms with Crippen molar-refractivity contribution >= 4 is 34.9 Å². The van der Waals surface area contributed by atoms with Gasteiger partial charge in [-0.05, 0) is 62.7 Å². The number of anilines is 3. The van der Waals surface area contributed by atoms with Crippen molar-refractivity contribution in [3.05, 3.63) is 90.5 Å². The third kappa shape index (κ3) is 4.50. The maximum atomic E-state index is 13.3. The molecule has 7 nitrogen and oxygen atoms in total. The van der Waals surface area contributed by atoms with Crippen LogP contribution in [0.2, 0.25) is 0 Å². The van der Waals surface area contributed by atoms with Crippen LogP contribution in [0.1, 0.15) is 26.3 Å². The van der Waals surface area contributed by atoms with E-state index in [1.165, 1.54) is 0 Å². The summed E-state index contributed by atoms with van der Waals surface area (Å²) >= 11 is 0. The maximum Gasteiger partial charge on any atom is 0.325 e. The summed E-state index contributed by atoms with van der Waals surface area (Å²) in [6.07, 6.45) is 0. The van der Waals surface area contributed by atoms with Crippen LogP contribution in [0.4, 0.5) is 21.9 Å². The second-order valence-electron chi connectivity index (χ2n) is 8.71. The summed E-state index contributed by atoms with van der Waals surface area (Å²) in [7, 11) is 0. The van der Waals surface area contributed by atoms with Crippen LogP contribution in [0, 0.1) is 0 Å². The first-order valence-corrected chi connectivity index (χ1v) is 11.2. The fraction of sp³-hybridized carbons (Fsp3) is 0.222. The first-order chi connectivity index (χ1) is 16.3. The van der Waals surface area contributed by atoms with Crippen molar-refractivity contribution in [1.29, 1.82) is 0 Å². The van der Waals surface area contributed by atoms with Crippen molar-refractivity contribution in [3.8, 4) is 0 Å². The normalized spacial score (nSPS) is 17.6. The molecule has 3 aromatic carbocycles. The third-order valence-corrected chi connectivity index (χ3v) is 5.91. The molecule has 0 saturated carbocycles. The van der Waals surface area contributed by atoms with Gasteiger partial charge in [0, 0.05) is 23.1 Å². The van der Waals surface area contributed by atoms with E-state index in [1.807, 2.05) is 86.6 Å².